The Morgan fingerprint density at radius 2 is 2.35 bits per heavy atom. The van der Waals surface area contributed by atoms with E-state index in [1.807, 2.05) is 0 Å². The monoisotopic (exact) mass is 273 g/mol. The van der Waals surface area contributed by atoms with Crippen LogP contribution in [0, 0.1) is 11.8 Å². The molecule has 0 aliphatic carbocycles. The molecule has 0 aromatic carbocycles. The molecule has 2 rings (SSSR count). The molecular formula is C12H19NO2S2. The first kappa shape index (κ1) is 13.1. The summed E-state index contributed by atoms with van der Waals surface area (Å²) in [6.07, 6.45) is 2.82. The molecule has 0 bridgehead atoms. The molecule has 1 aromatic rings. The van der Waals surface area contributed by atoms with Crippen LogP contribution in [0.3, 0.4) is 0 Å². The van der Waals surface area contributed by atoms with Crippen LogP contribution in [0.5, 0.6) is 0 Å². The third-order valence-electron chi connectivity index (χ3n) is 3.62. The van der Waals surface area contributed by atoms with Crippen molar-refractivity contribution in [2.24, 2.45) is 17.6 Å². The average molecular weight is 273 g/mol. The summed E-state index contributed by atoms with van der Waals surface area (Å²) in [5.41, 5.74) is 7.13. The molecule has 0 spiro atoms. The summed E-state index contributed by atoms with van der Waals surface area (Å²) in [5.74, 6) is 1.33. The summed E-state index contributed by atoms with van der Waals surface area (Å²) in [7, 11) is -2.78. The SMILES string of the molecule is NCC(CCc1ccsc1)C1CCS(=O)(=O)C1. The minimum Gasteiger partial charge on any atom is -0.330 e. The lowest BCUT2D eigenvalue weighted by Crippen LogP contribution is -2.25. The van der Waals surface area contributed by atoms with Crippen LogP contribution in [0.1, 0.15) is 18.4 Å². The molecule has 1 fully saturated rings. The predicted octanol–water partition coefficient (Wildman–Crippen LogP) is 1.69. The van der Waals surface area contributed by atoms with E-state index < -0.39 is 9.84 Å². The first-order valence-electron chi connectivity index (χ1n) is 6.02. The smallest absolute Gasteiger partial charge is 0.150 e. The van der Waals surface area contributed by atoms with Crippen LogP contribution >= 0.6 is 11.3 Å². The Balaban J connectivity index is 1.89. The molecule has 0 saturated carbocycles. The van der Waals surface area contributed by atoms with Crippen molar-refractivity contribution in [1.29, 1.82) is 0 Å². The standard InChI is InChI=1S/C12H19NO2S2/c13-7-11(2-1-10-3-5-16-8-10)12-4-6-17(14,15)9-12/h3,5,8,11-12H,1-2,4,6-7,9,13H2. The second-order valence-electron chi connectivity index (χ2n) is 4.83. The highest BCUT2D eigenvalue weighted by Crippen LogP contribution is 2.28. The molecule has 96 valence electrons. The Morgan fingerprint density at radius 3 is 2.88 bits per heavy atom. The maximum Gasteiger partial charge on any atom is 0.150 e. The maximum atomic E-state index is 11.5. The van der Waals surface area contributed by atoms with E-state index in [1.165, 1.54) is 5.56 Å². The normalized spacial score (nSPS) is 24.9. The van der Waals surface area contributed by atoms with Crippen LogP contribution in [0.25, 0.3) is 0 Å². The largest absolute Gasteiger partial charge is 0.330 e. The van der Waals surface area contributed by atoms with E-state index in [0.29, 0.717) is 24.0 Å². The summed E-state index contributed by atoms with van der Waals surface area (Å²) in [5, 5.41) is 4.23. The van der Waals surface area contributed by atoms with Gasteiger partial charge in [-0.05, 0) is 60.0 Å². The van der Waals surface area contributed by atoms with Crippen LogP contribution in [0.15, 0.2) is 16.8 Å². The lowest BCUT2D eigenvalue weighted by molar-refractivity contribution is 0.350. The fourth-order valence-electron chi connectivity index (χ4n) is 2.53. The van der Waals surface area contributed by atoms with E-state index in [-0.39, 0.29) is 5.92 Å². The zero-order valence-electron chi connectivity index (χ0n) is 9.84. The van der Waals surface area contributed by atoms with Gasteiger partial charge in [0, 0.05) is 0 Å². The van der Waals surface area contributed by atoms with E-state index in [4.69, 9.17) is 5.73 Å². The summed E-state index contributed by atoms with van der Waals surface area (Å²) in [6.45, 7) is 0.602. The van der Waals surface area contributed by atoms with Crippen molar-refractivity contribution in [2.75, 3.05) is 18.1 Å². The summed E-state index contributed by atoms with van der Waals surface area (Å²) in [6, 6.07) is 2.13. The molecule has 0 amide bonds. The average Bonchev–Trinajstić information content (AvgIpc) is 2.89. The van der Waals surface area contributed by atoms with E-state index in [9.17, 15) is 8.42 Å². The molecule has 2 atom stereocenters. The molecule has 2 heterocycles. The van der Waals surface area contributed by atoms with Gasteiger partial charge in [-0.1, -0.05) is 0 Å². The van der Waals surface area contributed by atoms with E-state index >= 15 is 0 Å². The molecule has 2 N–H and O–H groups in total. The number of sulfone groups is 1. The van der Waals surface area contributed by atoms with Crippen LogP contribution in [-0.2, 0) is 16.3 Å². The highest BCUT2D eigenvalue weighted by molar-refractivity contribution is 7.91. The second-order valence-corrected chi connectivity index (χ2v) is 7.84. The van der Waals surface area contributed by atoms with Gasteiger partial charge in [0.1, 0.15) is 0 Å². The topological polar surface area (TPSA) is 60.2 Å². The van der Waals surface area contributed by atoms with Gasteiger partial charge in [0.25, 0.3) is 0 Å². The van der Waals surface area contributed by atoms with Gasteiger partial charge in [0.05, 0.1) is 11.5 Å². The first-order valence-corrected chi connectivity index (χ1v) is 8.79. The van der Waals surface area contributed by atoms with Crippen LogP contribution in [-0.4, -0.2) is 26.5 Å². The van der Waals surface area contributed by atoms with Gasteiger partial charge in [-0.2, -0.15) is 11.3 Å². The van der Waals surface area contributed by atoms with Crippen molar-refractivity contribution in [3.05, 3.63) is 22.4 Å². The quantitative estimate of drug-likeness (QED) is 0.888. The zero-order valence-corrected chi connectivity index (χ0v) is 11.5. The molecule has 1 aromatic heterocycles. The van der Waals surface area contributed by atoms with Crippen molar-refractivity contribution in [1.82, 2.24) is 0 Å². The molecule has 1 aliphatic heterocycles. The van der Waals surface area contributed by atoms with Crippen molar-refractivity contribution < 1.29 is 8.42 Å². The van der Waals surface area contributed by atoms with Crippen LogP contribution < -0.4 is 5.73 Å². The molecular weight excluding hydrogens is 254 g/mol. The lowest BCUT2D eigenvalue weighted by Gasteiger charge is -2.20. The van der Waals surface area contributed by atoms with Gasteiger partial charge >= 0.3 is 0 Å². The van der Waals surface area contributed by atoms with Crippen LogP contribution in [0.4, 0.5) is 0 Å². The van der Waals surface area contributed by atoms with Gasteiger partial charge in [-0.25, -0.2) is 8.42 Å². The fraction of sp³-hybridized carbons (Fsp3) is 0.667. The number of rotatable bonds is 5. The number of aryl methyl sites for hydroxylation is 1. The molecule has 0 radical (unpaired) electrons. The van der Waals surface area contributed by atoms with Crippen molar-refractivity contribution >= 4 is 21.2 Å². The maximum absolute atomic E-state index is 11.5. The van der Waals surface area contributed by atoms with E-state index in [2.05, 4.69) is 16.8 Å². The first-order chi connectivity index (χ1) is 8.11. The van der Waals surface area contributed by atoms with E-state index in [1.54, 1.807) is 11.3 Å². The summed E-state index contributed by atoms with van der Waals surface area (Å²) in [4.78, 5) is 0. The third kappa shape index (κ3) is 3.53. The molecule has 1 aliphatic rings. The summed E-state index contributed by atoms with van der Waals surface area (Å²) >= 11 is 1.70. The Hall–Kier alpha value is -0.390. The Bertz CT molecular complexity index is 439. The molecule has 3 nitrogen and oxygen atoms in total. The Kier molecular flexibility index (Phi) is 4.22. The zero-order chi connectivity index (χ0) is 12.3. The minimum atomic E-state index is -2.78. The van der Waals surface area contributed by atoms with Gasteiger partial charge in [0.15, 0.2) is 9.84 Å². The van der Waals surface area contributed by atoms with E-state index in [0.717, 1.165) is 19.3 Å². The fourth-order valence-corrected chi connectivity index (χ4v) is 5.15. The van der Waals surface area contributed by atoms with Crippen molar-refractivity contribution in [3.8, 4) is 0 Å². The van der Waals surface area contributed by atoms with Gasteiger partial charge in [-0.3, -0.25) is 0 Å². The minimum absolute atomic E-state index is 0.281. The second kappa shape index (κ2) is 5.50. The highest BCUT2D eigenvalue weighted by Gasteiger charge is 2.32. The Morgan fingerprint density at radius 1 is 1.53 bits per heavy atom. The number of nitrogens with two attached hydrogens (primary N) is 1. The molecule has 5 heteroatoms. The highest BCUT2D eigenvalue weighted by atomic mass is 32.2. The summed E-state index contributed by atoms with van der Waals surface area (Å²) < 4.78 is 22.9. The molecule has 1 saturated heterocycles. The lowest BCUT2D eigenvalue weighted by atomic mass is 9.87. The number of thiophene rings is 1. The number of hydrogen-bond donors (Lipinski definition) is 1. The van der Waals surface area contributed by atoms with Crippen LogP contribution in [0.2, 0.25) is 0 Å². The molecule has 17 heavy (non-hydrogen) atoms. The van der Waals surface area contributed by atoms with Gasteiger partial charge < -0.3 is 5.73 Å². The third-order valence-corrected chi connectivity index (χ3v) is 6.15. The van der Waals surface area contributed by atoms with Gasteiger partial charge in [0.2, 0.25) is 0 Å². The van der Waals surface area contributed by atoms with Crippen molar-refractivity contribution in [3.63, 3.8) is 0 Å². The van der Waals surface area contributed by atoms with Gasteiger partial charge in [-0.15, -0.1) is 0 Å². The predicted molar refractivity (Wildman–Crippen MR) is 71.9 cm³/mol. The molecule has 2 unspecified atom stereocenters. The number of hydrogen-bond acceptors (Lipinski definition) is 4. The Labute approximate surface area is 107 Å². The van der Waals surface area contributed by atoms with Crippen molar-refractivity contribution in [2.45, 2.75) is 19.3 Å².